The van der Waals surface area contributed by atoms with E-state index in [0.717, 1.165) is 0 Å². The number of hydrogen-bond donors (Lipinski definition) is 1. The Labute approximate surface area is 97.4 Å². The Bertz CT molecular complexity index is 336. The lowest BCUT2D eigenvalue weighted by Gasteiger charge is -2.22. The van der Waals surface area contributed by atoms with Crippen LogP contribution < -0.4 is 5.73 Å². The first-order valence-electron chi connectivity index (χ1n) is 5.32. The summed E-state index contributed by atoms with van der Waals surface area (Å²) in [6, 6.07) is 0. The van der Waals surface area contributed by atoms with E-state index in [4.69, 9.17) is 5.73 Å². The number of alkyl halides is 3. The quantitative estimate of drug-likeness (QED) is 0.805. The van der Waals surface area contributed by atoms with Crippen LogP contribution in [0.25, 0.3) is 0 Å². The van der Waals surface area contributed by atoms with Crippen LogP contribution in [-0.2, 0) is 13.1 Å². The van der Waals surface area contributed by atoms with Crippen molar-refractivity contribution < 1.29 is 13.2 Å². The van der Waals surface area contributed by atoms with E-state index < -0.39 is 12.7 Å². The van der Waals surface area contributed by atoms with Crippen molar-refractivity contribution in [2.24, 2.45) is 5.73 Å². The molecule has 0 atom stereocenters. The number of nitrogens with zero attached hydrogens (tertiary/aromatic N) is 4. The second kappa shape index (κ2) is 5.97. The van der Waals surface area contributed by atoms with E-state index in [1.54, 1.807) is 4.68 Å². The summed E-state index contributed by atoms with van der Waals surface area (Å²) in [5, 5.41) is 3.91. The predicted octanol–water partition coefficient (Wildman–Crippen LogP) is 0.621. The van der Waals surface area contributed by atoms with Crippen LogP contribution in [0.1, 0.15) is 12.7 Å². The van der Waals surface area contributed by atoms with Crippen molar-refractivity contribution in [1.29, 1.82) is 0 Å². The minimum absolute atomic E-state index is 0.102. The zero-order valence-corrected chi connectivity index (χ0v) is 9.61. The first-order chi connectivity index (χ1) is 7.96. The van der Waals surface area contributed by atoms with Gasteiger partial charge in [-0.3, -0.25) is 4.90 Å². The Balaban J connectivity index is 2.66. The SMILES string of the molecule is CCn1ncnc1CN(CCN)CC(F)(F)F. The molecule has 0 radical (unpaired) electrons. The highest BCUT2D eigenvalue weighted by Gasteiger charge is 2.30. The van der Waals surface area contributed by atoms with Crippen molar-refractivity contribution in [1.82, 2.24) is 19.7 Å². The van der Waals surface area contributed by atoms with Crippen LogP contribution in [-0.4, -0.2) is 45.5 Å². The third kappa shape index (κ3) is 4.70. The molecule has 0 aliphatic rings. The average molecular weight is 251 g/mol. The summed E-state index contributed by atoms with van der Waals surface area (Å²) < 4.78 is 38.5. The maximum absolute atomic E-state index is 12.3. The summed E-state index contributed by atoms with van der Waals surface area (Å²) in [5.41, 5.74) is 5.30. The largest absolute Gasteiger partial charge is 0.401 e. The Kier molecular flexibility index (Phi) is 4.88. The van der Waals surface area contributed by atoms with E-state index in [-0.39, 0.29) is 19.6 Å². The summed E-state index contributed by atoms with van der Waals surface area (Å²) >= 11 is 0. The lowest BCUT2D eigenvalue weighted by Crippen LogP contribution is -2.37. The lowest BCUT2D eigenvalue weighted by molar-refractivity contribution is -0.147. The molecule has 1 heterocycles. The van der Waals surface area contributed by atoms with E-state index in [2.05, 4.69) is 10.1 Å². The highest BCUT2D eigenvalue weighted by atomic mass is 19.4. The maximum Gasteiger partial charge on any atom is 0.401 e. The third-order valence-corrected chi connectivity index (χ3v) is 2.21. The molecule has 8 heteroatoms. The standard InChI is InChI=1S/C9H16F3N5/c1-2-17-8(14-7-15-17)5-16(4-3-13)6-9(10,11)12/h7H,2-6,13H2,1H3. The van der Waals surface area contributed by atoms with Gasteiger partial charge in [0.15, 0.2) is 0 Å². The molecule has 0 fully saturated rings. The fraction of sp³-hybridized carbons (Fsp3) is 0.778. The lowest BCUT2D eigenvalue weighted by atomic mass is 10.4. The van der Waals surface area contributed by atoms with Crippen LogP contribution in [0.15, 0.2) is 6.33 Å². The van der Waals surface area contributed by atoms with Crippen LogP contribution in [0.2, 0.25) is 0 Å². The number of hydrogen-bond acceptors (Lipinski definition) is 4. The zero-order valence-electron chi connectivity index (χ0n) is 9.61. The fourth-order valence-corrected chi connectivity index (χ4v) is 1.52. The van der Waals surface area contributed by atoms with Gasteiger partial charge in [0.25, 0.3) is 0 Å². The molecule has 1 aromatic rings. The number of rotatable bonds is 6. The second-order valence-corrected chi connectivity index (χ2v) is 3.61. The summed E-state index contributed by atoms with van der Waals surface area (Å²) in [6.07, 6.45) is -2.89. The molecule has 0 bridgehead atoms. The normalized spacial score (nSPS) is 12.4. The van der Waals surface area contributed by atoms with E-state index in [1.807, 2.05) is 6.92 Å². The molecular formula is C9H16F3N5. The Morgan fingerprint density at radius 3 is 2.71 bits per heavy atom. The number of aromatic nitrogens is 3. The van der Waals surface area contributed by atoms with Crippen molar-refractivity contribution in [3.8, 4) is 0 Å². The van der Waals surface area contributed by atoms with E-state index in [0.29, 0.717) is 12.4 Å². The first-order valence-corrected chi connectivity index (χ1v) is 5.32. The molecule has 1 aromatic heterocycles. The van der Waals surface area contributed by atoms with Gasteiger partial charge in [-0.1, -0.05) is 0 Å². The monoisotopic (exact) mass is 251 g/mol. The Hall–Kier alpha value is -1.15. The predicted molar refractivity (Wildman–Crippen MR) is 56.1 cm³/mol. The topological polar surface area (TPSA) is 60.0 Å². The molecule has 0 saturated carbocycles. The van der Waals surface area contributed by atoms with Gasteiger partial charge in [-0.15, -0.1) is 0 Å². The van der Waals surface area contributed by atoms with Gasteiger partial charge in [0, 0.05) is 19.6 Å². The van der Waals surface area contributed by atoms with Crippen molar-refractivity contribution in [2.75, 3.05) is 19.6 Å². The second-order valence-electron chi connectivity index (χ2n) is 3.61. The number of halogens is 3. The molecule has 0 aromatic carbocycles. The van der Waals surface area contributed by atoms with Crippen LogP contribution in [0.4, 0.5) is 13.2 Å². The minimum Gasteiger partial charge on any atom is -0.329 e. The minimum atomic E-state index is -4.23. The van der Waals surface area contributed by atoms with Gasteiger partial charge >= 0.3 is 6.18 Å². The van der Waals surface area contributed by atoms with Gasteiger partial charge < -0.3 is 5.73 Å². The van der Waals surface area contributed by atoms with Crippen molar-refractivity contribution in [3.63, 3.8) is 0 Å². The molecule has 5 nitrogen and oxygen atoms in total. The van der Waals surface area contributed by atoms with Gasteiger partial charge in [-0.2, -0.15) is 18.3 Å². The number of aryl methyl sites for hydroxylation is 1. The highest BCUT2D eigenvalue weighted by molar-refractivity contribution is 4.85. The molecule has 1 rings (SSSR count). The Morgan fingerprint density at radius 2 is 2.18 bits per heavy atom. The molecule has 17 heavy (non-hydrogen) atoms. The maximum atomic E-state index is 12.3. The van der Waals surface area contributed by atoms with Gasteiger partial charge in [0.2, 0.25) is 0 Å². The van der Waals surface area contributed by atoms with Crippen molar-refractivity contribution >= 4 is 0 Å². The van der Waals surface area contributed by atoms with Crippen LogP contribution in [0.3, 0.4) is 0 Å². The molecule has 0 unspecified atom stereocenters. The van der Waals surface area contributed by atoms with E-state index >= 15 is 0 Å². The highest BCUT2D eigenvalue weighted by Crippen LogP contribution is 2.17. The fourth-order valence-electron chi connectivity index (χ4n) is 1.52. The molecule has 0 aliphatic carbocycles. The summed E-state index contributed by atoms with van der Waals surface area (Å²) in [5.74, 6) is 0.519. The van der Waals surface area contributed by atoms with Crippen molar-refractivity contribution in [2.45, 2.75) is 26.2 Å². The molecule has 0 aliphatic heterocycles. The third-order valence-electron chi connectivity index (χ3n) is 2.21. The van der Waals surface area contributed by atoms with E-state index in [9.17, 15) is 13.2 Å². The molecule has 98 valence electrons. The van der Waals surface area contributed by atoms with Gasteiger partial charge in [-0.05, 0) is 6.92 Å². The van der Waals surface area contributed by atoms with Gasteiger partial charge in [0.1, 0.15) is 12.2 Å². The van der Waals surface area contributed by atoms with Gasteiger partial charge in [-0.25, -0.2) is 9.67 Å². The summed E-state index contributed by atoms with van der Waals surface area (Å²) in [7, 11) is 0. The summed E-state index contributed by atoms with van der Waals surface area (Å²) in [4.78, 5) is 5.16. The van der Waals surface area contributed by atoms with Crippen LogP contribution in [0.5, 0.6) is 0 Å². The smallest absolute Gasteiger partial charge is 0.329 e. The zero-order chi connectivity index (χ0) is 12.9. The first kappa shape index (κ1) is 13.9. The molecular weight excluding hydrogens is 235 g/mol. The molecule has 0 saturated heterocycles. The van der Waals surface area contributed by atoms with Crippen LogP contribution >= 0.6 is 0 Å². The van der Waals surface area contributed by atoms with Crippen LogP contribution in [0, 0.1) is 0 Å². The average Bonchev–Trinajstić information content (AvgIpc) is 2.63. The van der Waals surface area contributed by atoms with Gasteiger partial charge in [0.05, 0.1) is 13.1 Å². The summed E-state index contributed by atoms with van der Waals surface area (Å²) in [6.45, 7) is 1.91. The molecule has 0 amide bonds. The Morgan fingerprint density at radius 1 is 1.47 bits per heavy atom. The molecule has 0 spiro atoms. The van der Waals surface area contributed by atoms with E-state index in [1.165, 1.54) is 11.2 Å². The van der Waals surface area contributed by atoms with Crippen molar-refractivity contribution in [3.05, 3.63) is 12.2 Å². The molecule has 2 N–H and O–H groups in total. The number of nitrogens with two attached hydrogens (primary N) is 1.